The van der Waals surface area contributed by atoms with E-state index in [1.807, 2.05) is 0 Å². The van der Waals surface area contributed by atoms with Crippen molar-refractivity contribution in [2.24, 2.45) is 0 Å². The van der Waals surface area contributed by atoms with Crippen molar-refractivity contribution in [3.05, 3.63) is 29.8 Å². The van der Waals surface area contributed by atoms with Crippen molar-refractivity contribution < 1.29 is 26.4 Å². The lowest BCUT2D eigenvalue weighted by molar-refractivity contribution is -0.123. The molecular weight excluding hydrogens is 369 g/mol. The van der Waals surface area contributed by atoms with Crippen LogP contribution in [-0.4, -0.2) is 44.4 Å². The number of hydrogen-bond donors (Lipinski definition) is 1. The largest absolute Gasteiger partial charge is 0.405 e. The number of sulfonamides is 1. The molecule has 0 heterocycles. The SMILES string of the molecule is CN(C1CCCCCC1)S(=O)(=O)c1ccc(C(=O)NCC(F)(F)F)cc1. The Balaban J connectivity index is 2.09. The molecule has 0 aromatic heterocycles. The Labute approximate surface area is 151 Å². The van der Waals surface area contributed by atoms with Gasteiger partial charge in [-0.05, 0) is 37.1 Å². The average molecular weight is 392 g/mol. The lowest BCUT2D eigenvalue weighted by Crippen LogP contribution is -2.36. The van der Waals surface area contributed by atoms with Gasteiger partial charge in [0.1, 0.15) is 6.54 Å². The lowest BCUT2D eigenvalue weighted by Gasteiger charge is -2.26. The number of carbonyl (C=O) groups is 1. The molecule has 1 N–H and O–H groups in total. The molecule has 9 heteroatoms. The standard InChI is InChI=1S/C17H23F3N2O3S/c1-22(14-6-4-2-3-5-7-14)26(24,25)15-10-8-13(9-11-15)16(23)21-12-17(18,19)20/h8-11,14H,2-7,12H2,1H3,(H,21,23). The minimum atomic E-state index is -4.50. The molecule has 26 heavy (non-hydrogen) atoms. The van der Waals surface area contributed by atoms with E-state index in [1.54, 1.807) is 12.4 Å². The molecular formula is C17H23F3N2O3S. The maximum atomic E-state index is 12.8. The third-order valence-electron chi connectivity index (χ3n) is 4.58. The van der Waals surface area contributed by atoms with Crippen molar-refractivity contribution in [2.45, 2.75) is 55.6 Å². The molecule has 0 atom stereocenters. The monoisotopic (exact) mass is 392 g/mol. The topological polar surface area (TPSA) is 66.5 Å². The van der Waals surface area contributed by atoms with Crippen LogP contribution in [0.1, 0.15) is 48.9 Å². The average Bonchev–Trinajstić information content (AvgIpc) is 2.87. The van der Waals surface area contributed by atoms with E-state index in [0.717, 1.165) is 38.5 Å². The Bertz CT molecular complexity index is 710. The summed E-state index contributed by atoms with van der Waals surface area (Å²) in [6, 6.07) is 4.90. The number of nitrogens with one attached hydrogen (secondary N) is 1. The molecule has 0 radical (unpaired) electrons. The smallest absolute Gasteiger partial charge is 0.343 e. The molecule has 1 saturated carbocycles. The third kappa shape index (κ3) is 5.44. The molecule has 0 spiro atoms. The number of amides is 1. The van der Waals surface area contributed by atoms with E-state index in [0.29, 0.717) is 0 Å². The number of benzene rings is 1. The number of carbonyl (C=O) groups excluding carboxylic acids is 1. The van der Waals surface area contributed by atoms with Crippen LogP contribution in [0.3, 0.4) is 0 Å². The summed E-state index contributed by atoms with van der Waals surface area (Å²) in [6.45, 7) is -1.43. The van der Waals surface area contributed by atoms with Gasteiger partial charge in [-0.1, -0.05) is 25.7 Å². The van der Waals surface area contributed by atoms with Gasteiger partial charge in [0.05, 0.1) is 4.90 Å². The molecule has 146 valence electrons. The molecule has 0 aliphatic heterocycles. The number of halogens is 3. The fraction of sp³-hybridized carbons (Fsp3) is 0.588. The van der Waals surface area contributed by atoms with Crippen molar-refractivity contribution >= 4 is 15.9 Å². The van der Waals surface area contributed by atoms with Crippen molar-refractivity contribution in [3.8, 4) is 0 Å². The fourth-order valence-electron chi connectivity index (χ4n) is 3.04. The van der Waals surface area contributed by atoms with Gasteiger partial charge in [0.2, 0.25) is 10.0 Å². The Hall–Kier alpha value is -1.61. The molecule has 0 saturated heterocycles. The summed E-state index contributed by atoms with van der Waals surface area (Å²) in [6.07, 6.45) is 1.31. The van der Waals surface area contributed by atoms with Crippen LogP contribution in [0.4, 0.5) is 13.2 Å². The first-order chi connectivity index (χ1) is 12.1. The zero-order valence-corrected chi connectivity index (χ0v) is 15.4. The first-order valence-corrected chi connectivity index (χ1v) is 9.98. The van der Waals surface area contributed by atoms with Gasteiger partial charge in [0.15, 0.2) is 0 Å². The molecule has 1 fully saturated rings. The van der Waals surface area contributed by atoms with Gasteiger partial charge in [-0.25, -0.2) is 8.42 Å². The maximum Gasteiger partial charge on any atom is 0.405 e. The maximum absolute atomic E-state index is 12.8. The Morgan fingerprint density at radius 2 is 1.65 bits per heavy atom. The predicted molar refractivity (Wildman–Crippen MR) is 91.3 cm³/mol. The first-order valence-electron chi connectivity index (χ1n) is 8.54. The van der Waals surface area contributed by atoms with E-state index >= 15 is 0 Å². The molecule has 0 unspecified atom stereocenters. The van der Waals surface area contributed by atoms with Gasteiger partial charge < -0.3 is 5.32 Å². The van der Waals surface area contributed by atoms with Gasteiger partial charge in [0.25, 0.3) is 5.91 Å². The van der Waals surface area contributed by atoms with Crippen molar-refractivity contribution in [1.29, 1.82) is 0 Å². The summed E-state index contributed by atoms with van der Waals surface area (Å²) < 4.78 is 63.3. The van der Waals surface area contributed by atoms with Crippen LogP contribution in [0.2, 0.25) is 0 Å². The van der Waals surface area contributed by atoms with Gasteiger partial charge in [-0.2, -0.15) is 17.5 Å². The number of rotatable bonds is 5. The summed E-state index contributed by atoms with van der Waals surface area (Å²) in [7, 11) is -2.16. The highest BCUT2D eigenvalue weighted by atomic mass is 32.2. The molecule has 1 amide bonds. The third-order valence-corrected chi connectivity index (χ3v) is 6.51. The highest BCUT2D eigenvalue weighted by Crippen LogP contribution is 2.26. The molecule has 2 rings (SSSR count). The Morgan fingerprint density at radius 3 is 2.15 bits per heavy atom. The van der Waals surface area contributed by atoms with E-state index < -0.39 is 28.7 Å². The molecule has 1 aliphatic carbocycles. The zero-order chi connectivity index (χ0) is 19.4. The molecule has 5 nitrogen and oxygen atoms in total. The normalized spacial score (nSPS) is 17.1. The van der Waals surface area contributed by atoms with Crippen molar-refractivity contribution in [3.63, 3.8) is 0 Å². The second-order valence-corrected chi connectivity index (χ2v) is 8.49. The highest BCUT2D eigenvalue weighted by molar-refractivity contribution is 7.89. The van der Waals surface area contributed by atoms with Crippen LogP contribution < -0.4 is 5.32 Å². The number of nitrogens with zero attached hydrogens (tertiary/aromatic N) is 1. The summed E-state index contributed by atoms with van der Waals surface area (Å²) in [5.41, 5.74) is -0.0229. The fourth-order valence-corrected chi connectivity index (χ4v) is 4.46. The van der Waals surface area contributed by atoms with E-state index in [9.17, 15) is 26.4 Å². The predicted octanol–water partition coefficient (Wildman–Crippen LogP) is 3.32. The Morgan fingerprint density at radius 1 is 1.12 bits per heavy atom. The van der Waals surface area contributed by atoms with Crippen molar-refractivity contribution in [2.75, 3.05) is 13.6 Å². The summed E-state index contributed by atoms with van der Waals surface area (Å²) in [5.74, 6) is -0.900. The van der Waals surface area contributed by atoms with Crippen molar-refractivity contribution in [1.82, 2.24) is 9.62 Å². The lowest BCUT2D eigenvalue weighted by atomic mass is 10.1. The second-order valence-electron chi connectivity index (χ2n) is 6.49. The van der Waals surface area contributed by atoms with Crippen LogP contribution in [0, 0.1) is 0 Å². The highest BCUT2D eigenvalue weighted by Gasteiger charge is 2.29. The molecule has 1 aliphatic rings. The summed E-state index contributed by atoms with van der Waals surface area (Å²) in [4.78, 5) is 11.7. The summed E-state index contributed by atoms with van der Waals surface area (Å²) >= 11 is 0. The Kier molecular flexibility index (Phi) is 6.68. The number of hydrogen-bond acceptors (Lipinski definition) is 3. The van der Waals surface area contributed by atoms with E-state index in [-0.39, 0.29) is 16.5 Å². The van der Waals surface area contributed by atoms with E-state index in [4.69, 9.17) is 0 Å². The van der Waals surface area contributed by atoms with E-state index in [1.165, 1.54) is 28.6 Å². The van der Waals surface area contributed by atoms with Crippen LogP contribution >= 0.6 is 0 Å². The van der Waals surface area contributed by atoms with Crippen LogP contribution in [0.15, 0.2) is 29.2 Å². The first kappa shape index (κ1) is 20.7. The van der Waals surface area contributed by atoms with Gasteiger partial charge in [-0.15, -0.1) is 0 Å². The number of alkyl halides is 3. The quantitative estimate of drug-likeness (QED) is 0.782. The van der Waals surface area contributed by atoms with Crippen LogP contribution in [0.5, 0.6) is 0 Å². The van der Waals surface area contributed by atoms with Gasteiger partial charge >= 0.3 is 6.18 Å². The minimum Gasteiger partial charge on any atom is -0.343 e. The molecule has 0 bridgehead atoms. The molecule has 1 aromatic carbocycles. The van der Waals surface area contributed by atoms with Gasteiger partial charge in [0, 0.05) is 18.7 Å². The second kappa shape index (κ2) is 8.39. The van der Waals surface area contributed by atoms with Crippen LogP contribution in [0.25, 0.3) is 0 Å². The minimum absolute atomic E-state index is 0.0229. The van der Waals surface area contributed by atoms with E-state index in [2.05, 4.69) is 0 Å². The molecule has 1 aromatic rings. The van der Waals surface area contributed by atoms with Crippen LogP contribution in [-0.2, 0) is 10.0 Å². The summed E-state index contributed by atoms with van der Waals surface area (Å²) in [5, 5.41) is 1.75. The zero-order valence-electron chi connectivity index (χ0n) is 14.6. The van der Waals surface area contributed by atoms with Gasteiger partial charge in [-0.3, -0.25) is 4.79 Å².